The minimum absolute atomic E-state index is 0. The van der Waals surface area contributed by atoms with Gasteiger partial charge in [0.2, 0.25) is 0 Å². The molecular formula is C18H37PSi. The number of hydrogen-bond acceptors (Lipinski definition) is 0. The normalized spacial score (nSPS) is 27.4. The second kappa shape index (κ2) is 8.94. The van der Waals surface area contributed by atoms with E-state index < -0.39 is 0 Å². The fraction of sp³-hybridized carbons (Fsp3) is 1.00. The van der Waals surface area contributed by atoms with Gasteiger partial charge in [-0.2, -0.15) is 0 Å². The van der Waals surface area contributed by atoms with Gasteiger partial charge < -0.3 is 0 Å². The molecular weight excluding hydrogens is 275 g/mol. The van der Waals surface area contributed by atoms with Crippen molar-refractivity contribution in [3.8, 4) is 0 Å². The van der Waals surface area contributed by atoms with Gasteiger partial charge in [-0.25, -0.2) is 0 Å². The molecule has 0 aromatic heterocycles. The van der Waals surface area contributed by atoms with Crippen LogP contribution in [-0.4, -0.2) is 27.9 Å². The van der Waals surface area contributed by atoms with Gasteiger partial charge in [0.25, 0.3) is 0 Å². The van der Waals surface area contributed by atoms with Gasteiger partial charge in [-0.1, -0.05) is 65.7 Å². The lowest BCUT2D eigenvalue weighted by Crippen LogP contribution is -2.28. The summed E-state index contributed by atoms with van der Waals surface area (Å²) in [5, 5.41) is 0. The summed E-state index contributed by atoms with van der Waals surface area (Å²) in [5.74, 6) is 0. The van der Waals surface area contributed by atoms with E-state index in [0.717, 1.165) is 0 Å². The molecule has 3 aliphatic rings. The zero-order valence-electron chi connectivity index (χ0n) is 12.8. The van der Waals surface area contributed by atoms with Crippen LogP contribution in [0.4, 0.5) is 0 Å². The Morgan fingerprint density at radius 2 is 0.650 bits per heavy atom. The van der Waals surface area contributed by atoms with E-state index in [9.17, 15) is 0 Å². The van der Waals surface area contributed by atoms with E-state index in [2.05, 4.69) is 0 Å². The third kappa shape index (κ3) is 4.32. The summed E-state index contributed by atoms with van der Waals surface area (Å²) >= 11 is 0. The van der Waals surface area contributed by atoms with E-state index in [1.54, 1.807) is 77.0 Å². The molecule has 0 saturated heterocycles. The van der Waals surface area contributed by atoms with Crippen LogP contribution in [0.25, 0.3) is 0 Å². The zero-order chi connectivity index (χ0) is 12.9. The van der Waals surface area contributed by atoms with E-state index in [4.69, 9.17) is 0 Å². The lowest BCUT2D eigenvalue weighted by atomic mass is 9.99. The van der Waals surface area contributed by atoms with Gasteiger partial charge in [0.1, 0.15) is 0 Å². The van der Waals surface area contributed by atoms with Crippen molar-refractivity contribution >= 4 is 18.9 Å². The second-order valence-corrected chi connectivity index (χ2v) is 10.4. The fourth-order valence-corrected chi connectivity index (χ4v) is 9.71. The summed E-state index contributed by atoms with van der Waals surface area (Å²) in [6.45, 7) is 0. The predicted octanol–water partition coefficient (Wildman–Crippen LogP) is 5.01. The summed E-state index contributed by atoms with van der Waals surface area (Å²) in [4.78, 5) is 0. The highest BCUT2D eigenvalue weighted by Crippen LogP contribution is 2.61. The molecule has 20 heavy (non-hydrogen) atoms. The van der Waals surface area contributed by atoms with Crippen molar-refractivity contribution in [3.05, 3.63) is 0 Å². The maximum atomic E-state index is 1.61. The third-order valence-electron chi connectivity index (χ3n) is 5.99. The molecule has 3 saturated carbocycles. The molecule has 0 aromatic rings. The zero-order valence-corrected chi connectivity index (χ0v) is 13.7. The summed E-state index contributed by atoms with van der Waals surface area (Å²) in [7, 11) is 0.385. The van der Waals surface area contributed by atoms with Crippen molar-refractivity contribution in [2.45, 2.75) is 113 Å². The minimum Gasteiger partial charge on any atom is -0.0971 e. The highest BCUT2D eigenvalue weighted by Gasteiger charge is 2.36. The Kier molecular flexibility index (Phi) is 7.60. The standard InChI is InChI=1S/C18H33P.H4Si/c1-4-10-16(11-5-1)19(17-12-6-2-7-13-17)18-14-8-3-9-15-18;/h16-18H,1-15H2;1H4. The molecule has 0 unspecified atom stereocenters. The van der Waals surface area contributed by atoms with Gasteiger partial charge in [0.05, 0.1) is 0 Å². The molecule has 3 aliphatic carbocycles. The van der Waals surface area contributed by atoms with Crippen LogP contribution in [0, 0.1) is 0 Å². The Bertz CT molecular complexity index is 207. The van der Waals surface area contributed by atoms with Crippen LogP contribution in [0.1, 0.15) is 96.3 Å². The van der Waals surface area contributed by atoms with E-state index in [0.29, 0.717) is 7.92 Å². The minimum atomic E-state index is 0. The first-order valence-corrected chi connectivity index (χ1v) is 10.8. The molecule has 0 spiro atoms. The van der Waals surface area contributed by atoms with Crippen molar-refractivity contribution in [1.82, 2.24) is 0 Å². The van der Waals surface area contributed by atoms with Gasteiger partial charge in [0.15, 0.2) is 0 Å². The van der Waals surface area contributed by atoms with E-state index in [1.165, 1.54) is 36.2 Å². The molecule has 0 aliphatic heterocycles. The summed E-state index contributed by atoms with van der Waals surface area (Å²) in [6.07, 6.45) is 23.6. The highest BCUT2D eigenvalue weighted by atomic mass is 31.1. The third-order valence-corrected chi connectivity index (χ3v) is 10.1. The molecule has 2 heteroatoms. The van der Waals surface area contributed by atoms with Crippen LogP contribution in [0.2, 0.25) is 0 Å². The Morgan fingerprint density at radius 1 is 0.400 bits per heavy atom. The molecule has 0 N–H and O–H groups in total. The van der Waals surface area contributed by atoms with Crippen molar-refractivity contribution in [3.63, 3.8) is 0 Å². The molecule has 0 nitrogen and oxygen atoms in total. The Balaban J connectivity index is 0.00000147. The van der Waals surface area contributed by atoms with Gasteiger partial charge in [0, 0.05) is 0 Å². The summed E-state index contributed by atoms with van der Waals surface area (Å²) in [5.41, 5.74) is 3.57. The topological polar surface area (TPSA) is 0 Å². The van der Waals surface area contributed by atoms with Crippen molar-refractivity contribution in [2.24, 2.45) is 0 Å². The predicted molar refractivity (Wildman–Crippen MR) is 98.9 cm³/mol. The largest absolute Gasteiger partial charge is 0.0971 e. The molecule has 0 atom stereocenters. The highest BCUT2D eigenvalue weighted by molar-refractivity contribution is 7.59. The summed E-state index contributed by atoms with van der Waals surface area (Å²) in [6, 6.07) is 0. The molecule has 0 heterocycles. The van der Waals surface area contributed by atoms with Crippen LogP contribution in [0.5, 0.6) is 0 Å². The van der Waals surface area contributed by atoms with Gasteiger partial charge in [-0.05, 0) is 66.5 Å². The van der Waals surface area contributed by atoms with Gasteiger partial charge >= 0.3 is 0 Å². The first-order valence-electron chi connectivity index (χ1n) is 9.22. The SMILES string of the molecule is C1CCC(P(C2CCCCC2)C2CCCCC2)CC1.[SiH4]. The van der Waals surface area contributed by atoms with Crippen molar-refractivity contribution < 1.29 is 0 Å². The van der Waals surface area contributed by atoms with Crippen LogP contribution in [0.3, 0.4) is 0 Å². The summed E-state index contributed by atoms with van der Waals surface area (Å²) < 4.78 is 0. The Morgan fingerprint density at radius 3 is 0.900 bits per heavy atom. The molecule has 3 rings (SSSR count). The Hall–Kier alpha value is 0.647. The maximum Gasteiger partial charge on any atom is -0.0149 e. The fourth-order valence-electron chi connectivity index (χ4n) is 5.03. The average molecular weight is 313 g/mol. The number of hydrogen-bond donors (Lipinski definition) is 0. The Labute approximate surface area is 132 Å². The van der Waals surface area contributed by atoms with E-state index in [-0.39, 0.29) is 11.0 Å². The van der Waals surface area contributed by atoms with Crippen LogP contribution in [-0.2, 0) is 0 Å². The van der Waals surface area contributed by atoms with Crippen LogP contribution in [0.15, 0.2) is 0 Å². The first kappa shape index (κ1) is 17.0. The van der Waals surface area contributed by atoms with Gasteiger partial charge in [-0.3, -0.25) is 0 Å². The van der Waals surface area contributed by atoms with E-state index >= 15 is 0 Å². The monoisotopic (exact) mass is 312 g/mol. The quantitative estimate of drug-likeness (QED) is 0.507. The van der Waals surface area contributed by atoms with E-state index in [1.807, 2.05) is 0 Å². The van der Waals surface area contributed by atoms with Crippen LogP contribution >= 0.6 is 7.92 Å². The molecule has 0 bridgehead atoms. The lowest BCUT2D eigenvalue weighted by molar-refractivity contribution is 0.460. The second-order valence-electron chi connectivity index (χ2n) is 7.32. The molecule has 3 fully saturated rings. The molecule has 0 amide bonds. The van der Waals surface area contributed by atoms with Crippen molar-refractivity contribution in [2.75, 3.05) is 0 Å². The maximum absolute atomic E-state index is 1.61. The molecule has 0 radical (unpaired) electrons. The van der Waals surface area contributed by atoms with Crippen LogP contribution < -0.4 is 0 Å². The number of rotatable bonds is 3. The lowest BCUT2D eigenvalue weighted by Gasteiger charge is -2.44. The van der Waals surface area contributed by atoms with Gasteiger partial charge in [-0.15, -0.1) is 0 Å². The molecule has 118 valence electrons. The smallest absolute Gasteiger partial charge is 0.0149 e. The van der Waals surface area contributed by atoms with Crippen molar-refractivity contribution in [1.29, 1.82) is 0 Å². The average Bonchev–Trinajstić information content (AvgIpc) is 2.51. The first-order chi connectivity index (χ1) is 9.45. The molecule has 0 aromatic carbocycles.